The topological polar surface area (TPSA) is 285 Å². The first-order chi connectivity index (χ1) is 26.7. The van der Waals surface area contributed by atoms with Gasteiger partial charge in [-0.3, -0.25) is 33.3 Å². The van der Waals surface area contributed by atoms with E-state index in [0.717, 1.165) is 12.5 Å². The monoisotopic (exact) mass is 820 g/mol. The van der Waals surface area contributed by atoms with Gasteiger partial charge in [-0.25, -0.2) is 9.55 Å². The van der Waals surface area contributed by atoms with Gasteiger partial charge in [0.15, 0.2) is 0 Å². The highest BCUT2D eigenvalue weighted by Crippen LogP contribution is 2.38. The Labute approximate surface area is 332 Å². The lowest BCUT2D eigenvalue weighted by atomic mass is 9.89. The molecule has 19 nitrogen and oxygen atoms in total. The maximum absolute atomic E-state index is 14.0. The Hall–Kier alpha value is -4.68. The SMILES string of the molecule is CC(=O)N1CCCC1C(=O)NC(CC(C)C)C(=O)NC(Cc1cncn1CC(C)C(C)c1ccccc1)C(=O)NC(CO)C(=O)NC(C(N)=O)C(C)OP(=O)(O)O. The number of aromatic nitrogens is 2. The van der Waals surface area contributed by atoms with Crippen molar-refractivity contribution >= 4 is 43.3 Å². The van der Waals surface area contributed by atoms with Crippen LogP contribution in [0.5, 0.6) is 0 Å². The van der Waals surface area contributed by atoms with E-state index in [1.165, 1.54) is 18.0 Å². The molecule has 6 amide bonds. The number of hydrogen-bond acceptors (Lipinski definition) is 10. The molecular formula is C37H57N8O11P. The van der Waals surface area contributed by atoms with E-state index in [0.29, 0.717) is 31.6 Å². The van der Waals surface area contributed by atoms with E-state index in [2.05, 4.69) is 44.6 Å². The van der Waals surface area contributed by atoms with Crippen LogP contribution in [0.1, 0.15) is 78.0 Å². The van der Waals surface area contributed by atoms with Crippen LogP contribution in [0.4, 0.5) is 0 Å². The largest absolute Gasteiger partial charge is 0.469 e. The number of amides is 6. The summed E-state index contributed by atoms with van der Waals surface area (Å²) in [6.45, 7) is 10.2. The van der Waals surface area contributed by atoms with Crippen molar-refractivity contribution < 1.29 is 52.7 Å². The second kappa shape index (κ2) is 21.2. The number of phosphoric ester groups is 1. The molecular weight excluding hydrogens is 763 g/mol. The number of imidazole rings is 1. The summed E-state index contributed by atoms with van der Waals surface area (Å²) >= 11 is 0. The van der Waals surface area contributed by atoms with Crippen LogP contribution in [-0.2, 0) is 50.8 Å². The van der Waals surface area contributed by atoms with E-state index in [1.807, 2.05) is 48.7 Å². The van der Waals surface area contributed by atoms with Gasteiger partial charge in [0.25, 0.3) is 0 Å². The molecule has 20 heteroatoms. The third-order valence-electron chi connectivity index (χ3n) is 10.0. The summed E-state index contributed by atoms with van der Waals surface area (Å²) in [5.41, 5.74) is 7.02. The van der Waals surface area contributed by atoms with Crippen LogP contribution in [0.25, 0.3) is 0 Å². The van der Waals surface area contributed by atoms with Gasteiger partial charge in [-0.2, -0.15) is 0 Å². The minimum absolute atomic E-state index is 0.0899. The zero-order valence-electron chi connectivity index (χ0n) is 33.2. The second-order valence-electron chi connectivity index (χ2n) is 15.0. The molecule has 8 unspecified atom stereocenters. The van der Waals surface area contributed by atoms with Crippen molar-refractivity contribution in [3.05, 3.63) is 54.1 Å². The van der Waals surface area contributed by atoms with Gasteiger partial charge >= 0.3 is 7.82 Å². The zero-order chi connectivity index (χ0) is 42.6. The van der Waals surface area contributed by atoms with E-state index in [1.54, 1.807) is 6.33 Å². The Kier molecular flexibility index (Phi) is 17.4. The standard InChI is InChI=1S/C37H57N8O11P/c1-21(2)15-28(41-37(52)31-13-10-14-45(31)25(6)47)34(49)40-29(16-27-17-39-20-44(27)18-22(3)23(4)26-11-8-7-9-12-26)35(50)42-30(19-46)36(51)43-32(33(38)48)24(5)56-57(53,54)55/h7-9,11-12,17,20-24,28-32,46H,10,13-16,18-19H2,1-6H3,(H2,38,48)(H,40,49)(H,41,52)(H,42,50)(H,43,51)(H2,53,54,55). The molecule has 3 rings (SSSR count). The maximum atomic E-state index is 14.0. The lowest BCUT2D eigenvalue weighted by molar-refractivity contribution is -0.139. The molecule has 1 aromatic carbocycles. The quantitative estimate of drug-likeness (QED) is 0.0763. The zero-order valence-corrected chi connectivity index (χ0v) is 34.1. The lowest BCUT2D eigenvalue weighted by Crippen LogP contribution is -2.61. The average molecular weight is 821 g/mol. The number of nitrogens with zero attached hydrogens (tertiary/aromatic N) is 3. The fraction of sp³-hybridized carbons (Fsp3) is 0.595. The van der Waals surface area contributed by atoms with Crippen LogP contribution < -0.4 is 27.0 Å². The number of benzene rings is 1. The Morgan fingerprint density at radius 1 is 0.930 bits per heavy atom. The highest BCUT2D eigenvalue weighted by Gasteiger charge is 2.37. The van der Waals surface area contributed by atoms with Crippen LogP contribution >= 0.6 is 7.82 Å². The number of carbonyl (C=O) groups is 6. The van der Waals surface area contributed by atoms with Crippen molar-refractivity contribution in [3.63, 3.8) is 0 Å². The van der Waals surface area contributed by atoms with Gasteiger partial charge in [-0.1, -0.05) is 58.0 Å². The summed E-state index contributed by atoms with van der Waals surface area (Å²) < 4.78 is 17.7. The summed E-state index contributed by atoms with van der Waals surface area (Å²) in [5.74, 6) is -4.65. The van der Waals surface area contributed by atoms with Gasteiger partial charge in [-0.15, -0.1) is 0 Å². The molecule has 1 fully saturated rings. The number of phosphoric acid groups is 1. The fourth-order valence-electron chi connectivity index (χ4n) is 6.73. The third kappa shape index (κ3) is 14.0. The van der Waals surface area contributed by atoms with Crippen molar-refractivity contribution in [2.45, 2.75) is 116 Å². The highest BCUT2D eigenvalue weighted by molar-refractivity contribution is 7.46. The predicted octanol–water partition coefficient (Wildman–Crippen LogP) is -0.163. The van der Waals surface area contributed by atoms with Crippen molar-refractivity contribution in [1.29, 1.82) is 0 Å². The summed E-state index contributed by atoms with van der Waals surface area (Å²) in [5, 5.41) is 20.1. The molecule has 0 aliphatic carbocycles. The number of nitrogens with two attached hydrogens (primary N) is 1. The molecule has 0 radical (unpaired) electrons. The Balaban J connectivity index is 1.90. The van der Waals surface area contributed by atoms with Crippen LogP contribution in [-0.4, -0.2) is 114 Å². The van der Waals surface area contributed by atoms with Gasteiger partial charge in [0, 0.05) is 38.3 Å². The van der Waals surface area contributed by atoms with Crippen LogP contribution in [0.2, 0.25) is 0 Å². The summed E-state index contributed by atoms with van der Waals surface area (Å²) in [4.78, 5) is 103. The van der Waals surface area contributed by atoms with Gasteiger partial charge in [0.2, 0.25) is 35.4 Å². The lowest BCUT2D eigenvalue weighted by Gasteiger charge is -2.29. The third-order valence-corrected chi connectivity index (χ3v) is 10.6. The number of likely N-dealkylation sites (tertiary alicyclic amines) is 1. The average Bonchev–Trinajstić information content (AvgIpc) is 3.81. The molecule has 0 spiro atoms. The summed E-state index contributed by atoms with van der Waals surface area (Å²) in [6.07, 6.45) is 2.59. The van der Waals surface area contributed by atoms with E-state index < -0.39 is 80.3 Å². The van der Waals surface area contributed by atoms with Gasteiger partial charge in [0.05, 0.1) is 19.0 Å². The number of aliphatic hydroxyl groups is 1. The first-order valence-electron chi connectivity index (χ1n) is 18.9. The number of primary amides is 1. The highest BCUT2D eigenvalue weighted by atomic mass is 31.2. The molecule has 2 aromatic rings. The van der Waals surface area contributed by atoms with Crippen LogP contribution in [0.3, 0.4) is 0 Å². The maximum Gasteiger partial charge on any atom is 0.469 e. The second-order valence-corrected chi connectivity index (χ2v) is 16.2. The van der Waals surface area contributed by atoms with E-state index in [9.17, 15) is 48.2 Å². The molecule has 1 aliphatic heterocycles. The molecule has 1 aliphatic rings. The number of rotatable bonds is 21. The molecule has 316 valence electrons. The van der Waals surface area contributed by atoms with Crippen LogP contribution in [0.15, 0.2) is 42.9 Å². The molecule has 0 saturated carbocycles. The van der Waals surface area contributed by atoms with E-state index in [-0.39, 0.29) is 36.5 Å². The van der Waals surface area contributed by atoms with Gasteiger partial charge < -0.3 is 51.4 Å². The minimum Gasteiger partial charge on any atom is -0.394 e. The van der Waals surface area contributed by atoms with Crippen LogP contribution in [0, 0.1) is 11.8 Å². The molecule has 2 heterocycles. The molecule has 8 atom stereocenters. The Bertz CT molecular complexity index is 1750. The first kappa shape index (κ1) is 46.7. The van der Waals surface area contributed by atoms with Crippen molar-refractivity contribution in [1.82, 2.24) is 35.7 Å². The normalized spacial score (nSPS) is 18.1. The van der Waals surface area contributed by atoms with Crippen molar-refractivity contribution in [2.75, 3.05) is 13.2 Å². The smallest absolute Gasteiger partial charge is 0.394 e. The molecule has 1 saturated heterocycles. The first-order valence-corrected chi connectivity index (χ1v) is 20.4. The van der Waals surface area contributed by atoms with Crippen molar-refractivity contribution in [2.24, 2.45) is 17.6 Å². The van der Waals surface area contributed by atoms with Gasteiger partial charge in [-0.05, 0) is 49.5 Å². The fourth-order valence-corrected chi connectivity index (χ4v) is 7.29. The summed E-state index contributed by atoms with van der Waals surface area (Å²) in [6, 6.07) is 3.12. The summed E-state index contributed by atoms with van der Waals surface area (Å²) in [7, 11) is -5.11. The number of carbonyl (C=O) groups excluding carboxylic acids is 6. The number of hydrogen-bond donors (Lipinski definition) is 8. The minimum atomic E-state index is -5.11. The number of nitrogens with one attached hydrogen (secondary N) is 4. The van der Waals surface area contributed by atoms with Crippen molar-refractivity contribution in [3.8, 4) is 0 Å². The Morgan fingerprint density at radius 3 is 2.12 bits per heavy atom. The molecule has 0 bridgehead atoms. The predicted molar refractivity (Wildman–Crippen MR) is 206 cm³/mol. The van der Waals surface area contributed by atoms with E-state index >= 15 is 0 Å². The van der Waals surface area contributed by atoms with Gasteiger partial charge in [0.1, 0.15) is 30.2 Å². The van der Waals surface area contributed by atoms with E-state index in [4.69, 9.17) is 5.73 Å². The Morgan fingerprint density at radius 2 is 1.54 bits per heavy atom. The molecule has 9 N–H and O–H groups in total. The molecule has 1 aromatic heterocycles. The molecule has 57 heavy (non-hydrogen) atoms. The number of aliphatic hydroxyl groups excluding tert-OH is 1.